The number of nitrogens with two attached hydrogens (primary N) is 1. The predicted octanol–water partition coefficient (Wildman–Crippen LogP) is 2.24. The van der Waals surface area contributed by atoms with E-state index in [1.54, 1.807) is 14.0 Å². The van der Waals surface area contributed by atoms with E-state index in [9.17, 15) is 4.79 Å². The summed E-state index contributed by atoms with van der Waals surface area (Å²) in [6.07, 6.45) is 0. The Morgan fingerprint density at radius 2 is 2.05 bits per heavy atom. The van der Waals surface area contributed by atoms with Crippen LogP contribution in [-0.4, -0.2) is 22.9 Å². The van der Waals surface area contributed by atoms with E-state index >= 15 is 0 Å². The number of aromatic nitrogens is 2. The van der Waals surface area contributed by atoms with Crippen molar-refractivity contribution in [2.24, 2.45) is 11.7 Å². The van der Waals surface area contributed by atoms with Gasteiger partial charge in [0, 0.05) is 7.05 Å². The summed E-state index contributed by atoms with van der Waals surface area (Å²) in [5.41, 5.74) is 9.29. The van der Waals surface area contributed by atoms with Crippen LogP contribution in [0.2, 0.25) is 0 Å². The van der Waals surface area contributed by atoms with E-state index < -0.39 is 6.04 Å². The summed E-state index contributed by atoms with van der Waals surface area (Å²) in [6.45, 7) is 8.32. The molecule has 0 saturated heterocycles. The lowest BCUT2D eigenvalue weighted by Gasteiger charge is -2.18. The first-order valence-corrected chi connectivity index (χ1v) is 7.21. The molecule has 1 aromatic heterocycles. The summed E-state index contributed by atoms with van der Waals surface area (Å²) in [7, 11) is 1.61. The van der Waals surface area contributed by atoms with Crippen molar-refractivity contribution in [1.29, 1.82) is 0 Å². The zero-order chi connectivity index (χ0) is 15.8. The quantitative estimate of drug-likeness (QED) is 0.810. The highest BCUT2D eigenvalue weighted by Gasteiger charge is 2.24. The van der Waals surface area contributed by atoms with E-state index in [4.69, 9.17) is 5.73 Å². The average molecular weight is 288 g/mol. The monoisotopic (exact) mass is 288 g/mol. The molecule has 0 aliphatic rings. The van der Waals surface area contributed by atoms with Gasteiger partial charge in [-0.1, -0.05) is 33.8 Å². The Balaban J connectivity index is 2.37. The molecular weight excluding hydrogens is 264 g/mol. The Labute approximate surface area is 125 Å². The topological polar surface area (TPSA) is 83.8 Å². The molecule has 1 aromatic carbocycles. The summed E-state index contributed by atoms with van der Waals surface area (Å²) >= 11 is 0. The maximum Gasteiger partial charge on any atom is 0.224 e. The fourth-order valence-corrected chi connectivity index (χ4v) is 2.28. The molecule has 2 rings (SSSR count). The first-order valence-electron chi connectivity index (χ1n) is 7.21. The molecule has 0 aliphatic heterocycles. The molecule has 4 N–H and O–H groups in total. The molecule has 1 heterocycles. The number of hydrogen-bond donors (Lipinski definition) is 3. The van der Waals surface area contributed by atoms with Crippen LogP contribution >= 0.6 is 0 Å². The lowest BCUT2D eigenvalue weighted by atomic mass is 9.87. The standard InChI is InChI=1S/C16H24N4O/c1-9(15(21)18-5)13(17)14-19-11-7-6-10(16(2,3)4)8-12(11)20-14/h6-9,13H,17H2,1-5H3,(H,18,21)(H,19,20). The van der Waals surface area contributed by atoms with Crippen molar-refractivity contribution >= 4 is 16.9 Å². The number of imidazole rings is 1. The number of nitrogens with zero attached hydrogens (tertiary/aromatic N) is 1. The van der Waals surface area contributed by atoms with Gasteiger partial charge >= 0.3 is 0 Å². The van der Waals surface area contributed by atoms with E-state index in [1.807, 2.05) is 6.07 Å². The number of fused-ring (bicyclic) bond motifs is 1. The molecule has 2 atom stereocenters. The van der Waals surface area contributed by atoms with Crippen LogP contribution in [0.25, 0.3) is 11.0 Å². The first kappa shape index (κ1) is 15.5. The van der Waals surface area contributed by atoms with Gasteiger partial charge in [-0.2, -0.15) is 0 Å². The molecule has 0 aliphatic carbocycles. The fourth-order valence-electron chi connectivity index (χ4n) is 2.28. The molecule has 0 saturated carbocycles. The highest BCUT2D eigenvalue weighted by molar-refractivity contribution is 5.79. The van der Waals surface area contributed by atoms with Gasteiger partial charge in [-0.3, -0.25) is 4.79 Å². The van der Waals surface area contributed by atoms with E-state index in [0.29, 0.717) is 5.82 Å². The molecule has 5 heteroatoms. The molecule has 0 radical (unpaired) electrons. The third-order valence-corrected chi connectivity index (χ3v) is 3.88. The Hall–Kier alpha value is -1.88. The lowest BCUT2D eigenvalue weighted by molar-refractivity contribution is -0.124. The van der Waals surface area contributed by atoms with Gasteiger partial charge in [-0.05, 0) is 23.1 Å². The van der Waals surface area contributed by atoms with Gasteiger partial charge < -0.3 is 16.0 Å². The van der Waals surface area contributed by atoms with Gasteiger partial charge in [0.15, 0.2) is 0 Å². The molecule has 5 nitrogen and oxygen atoms in total. The van der Waals surface area contributed by atoms with Gasteiger partial charge in [0.2, 0.25) is 5.91 Å². The number of benzene rings is 1. The van der Waals surface area contributed by atoms with E-state index in [1.165, 1.54) is 5.56 Å². The number of H-pyrrole nitrogens is 1. The lowest BCUT2D eigenvalue weighted by Crippen LogP contribution is -2.33. The van der Waals surface area contributed by atoms with Crippen LogP contribution in [0.1, 0.15) is 45.1 Å². The predicted molar refractivity (Wildman–Crippen MR) is 85.0 cm³/mol. The summed E-state index contributed by atoms with van der Waals surface area (Å²) in [5.74, 6) is 0.225. The van der Waals surface area contributed by atoms with Crippen molar-refractivity contribution in [2.45, 2.75) is 39.2 Å². The van der Waals surface area contributed by atoms with Gasteiger partial charge in [0.1, 0.15) is 5.82 Å². The fraction of sp³-hybridized carbons (Fsp3) is 0.500. The van der Waals surface area contributed by atoms with Gasteiger partial charge in [-0.25, -0.2) is 4.98 Å². The summed E-state index contributed by atoms with van der Waals surface area (Å²) in [4.78, 5) is 19.5. The number of carbonyl (C=O) groups excluding carboxylic acids is 1. The molecule has 0 spiro atoms. The van der Waals surface area contributed by atoms with Crippen molar-refractivity contribution in [3.63, 3.8) is 0 Å². The summed E-state index contributed by atoms with van der Waals surface area (Å²) in [6, 6.07) is 5.73. The smallest absolute Gasteiger partial charge is 0.224 e. The van der Waals surface area contributed by atoms with Crippen molar-refractivity contribution in [3.8, 4) is 0 Å². The zero-order valence-electron chi connectivity index (χ0n) is 13.3. The van der Waals surface area contributed by atoms with E-state index in [2.05, 4.69) is 48.2 Å². The largest absolute Gasteiger partial charge is 0.359 e. The summed E-state index contributed by atoms with van der Waals surface area (Å²) < 4.78 is 0. The highest BCUT2D eigenvalue weighted by atomic mass is 16.1. The minimum absolute atomic E-state index is 0.0803. The van der Waals surface area contributed by atoms with Crippen LogP contribution in [-0.2, 0) is 10.2 Å². The normalized spacial score (nSPS) is 15.0. The van der Waals surface area contributed by atoms with Crippen LogP contribution in [0.4, 0.5) is 0 Å². The van der Waals surface area contributed by atoms with Crippen LogP contribution in [0.15, 0.2) is 18.2 Å². The molecule has 1 amide bonds. The molecule has 2 unspecified atom stereocenters. The van der Waals surface area contributed by atoms with Crippen LogP contribution in [0.3, 0.4) is 0 Å². The third kappa shape index (κ3) is 3.08. The highest BCUT2D eigenvalue weighted by Crippen LogP contribution is 2.26. The average Bonchev–Trinajstić information content (AvgIpc) is 2.86. The van der Waals surface area contributed by atoms with Crippen molar-refractivity contribution in [3.05, 3.63) is 29.6 Å². The first-order chi connectivity index (χ1) is 9.74. The number of hydrogen-bond acceptors (Lipinski definition) is 3. The van der Waals surface area contributed by atoms with Gasteiger partial charge in [0.05, 0.1) is 23.0 Å². The molecular formula is C16H24N4O. The number of aromatic amines is 1. The second-order valence-corrected chi connectivity index (χ2v) is 6.53. The van der Waals surface area contributed by atoms with Crippen molar-refractivity contribution in [1.82, 2.24) is 15.3 Å². The Morgan fingerprint density at radius 1 is 1.38 bits per heavy atom. The van der Waals surface area contributed by atoms with Gasteiger partial charge in [0.25, 0.3) is 0 Å². The Bertz CT molecular complexity index is 654. The maximum atomic E-state index is 11.7. The SMILES string of the molecule is CNC(=O)C(C)C(N)c1nc2ccc(C(C)(C)C)cc2[nH]1. The van der Waals surface area contributed by atoms with Crippen LogP contribution in [0, 0.1) is 5.92 Å². The number of carbonyl (C=O) groups is 1. The van der Waals surface area contributed by atoms with Crippen molar-refractivity contribution in [2.75, 3.05) is 7.05 Å². The van der Waals surface area contributed by atoms with E-state index in [-0.39, 0.29) is 17.2 Å². The molecule has 0 fully saturated rings. The molecule has 0 bridgehead atoms. The minimum atomic E-state index is -0.449. The summed E-state index contributed by atoms with van der Waals surface area (Å²) in [5, 5.41) is 2.62. The third-order valence-electron chi connectivity index (χ3n) is 3.88. The number of rotatable bonds is 3. The Kier molecular flexibility index (Phi) is 4.05. The van der Waals surface area contributed by atoms with Crippen LogP contribution in [0.5, 0.6) is 0 Å². The van der Waals surface area contributed by atoms with Crippen LogP contribution < -0.4 is 11.1 Å². The second kappa shape index (κ2) is 5.48. The number of amides is 1. The molecule has 2 aromatic rings. The number of nitrogens with one attached hydrogen (secondary N) is 2. The van der Waals surface area contributed by atoms with E-state index in [0.717, 1.165) is 11.0 Å². The van der Waals surface area contributed by atoms with Crippen molar-refractivity contribution < 1.29 is 4.79 Å². The Morgan fingerprint density at radius 3 is 2.62 bits per heavy atom. The molecule has 21 heavy (non-hydrogen) atoms. The second-order valence-electron chi connectivity index (χ2n) is 6.53. The minimum Gasteiger partial charge on any atom is -0.359 e. The maximum absolute atomic E-state index is 11.7. The zero-order valence-corrected chi connectivity index (χ0v) is 13.3. The van der Waals surface area contributed by atoms with Gasteiger partial charge in [-0.15, -0.1) is 0 Å². The molecule has 114 valence electrons.